The van der Waals surface area contributed by atoms with Crippen molar-refractivity contribution >= 4 is 17.6 Å². The minimum Gasteiger partial charge on any atom is -0.478 e. The van der Waals surface area contributed by atoms with E-state index in [1.54, 1.807) is 19.2 Å². The third-order valence-electron chi connectivity index (χ3n) is 2.42. The van der Waals surface area contributed by atoms with Gasteiger partial charge in [-0.05, 0) is 24.7 Å². The predicted octanol–water partition coefficient (Wildman–Crippen LogP) is 2.12. The van der Waals surface area contributed by atoms with Crippen molar-refractivity contribution in [2.45, 2.75) is 6.54 Å². The molecule has 94 valence electrons. The normalized spacial score (nSPS) is 10.8. The lowest BCUT2D eigenvalue weighted by Crippen LogP contribution is -2.22. The molecule has 0 bridgehead atoms. The quantitative estimate of drug-likeness (QED) is 0.848. The van der Waals surface area contributed by atoms with Crippen LogP contribution in [0.5, 0.6) is 0 Å². The van der Waals surface area contributed by atoms with Crippen LogP contribution in [-0.4, -0.2) is 43.3 Å². The molecule has 0 aromatic heterocycles. The van der Waals surface area contributed by atoms with Gasteiger partial charge in [-0.2, -0.15) is 0 Å². The molecule has 4 nitrogen and oxygen atoms in total. The highest BCUT2D eigenvalue weighted by Gasteiger charge is 2.08. The summed E-state index contributed by atoms with van der Waals surface area (Å²) >= 11 is 6.03. The maximum Gasteiger partial charge on any atom is 0.335 e. The van der Waals surface area contributed by atoms with Crippen LogP contribution in [0.1, 0.15) is 15.9 Å². The van der Waals surface area contributed by atoms with Gasteiger partial charge >= 0.3 is 5.97 Å². The van der Waals surface area contributed by atoms with Crippen molar-refractivity contribution in [1.82, 2.24) is 4.90 Å². The molecule has 0 unspecified atom stereocenters. The minimum absolute atomic E-state index is 0.207. The Morgan fingerprint density at radius 2 is 2.24 bits per heavy atom. The third kappa shape index (κ3) is 4.34. The molecule has 0 spiro atoms. The van der Waals surface area contributed by atoms with Crippen molar-refractivity contribution in [1.29, 1.82) is 0 Å². The lowest BCUT2D eigenvalue weighted by Gasteiger charge is -2.17. The number of benzene rings is 1. The fourth-order valence-electron chi connectivity index (χ4n) is 1.43. The van der Waals surface area contributed by atoms with E-state index in [0.29, 0.717) is 18.2 Å². The standard InChI is InChI=1S/C12H16ClNO3/c1-14(5-6-17-2)8-10-4-3-9(12(15)16)7-11(10)13/h3-4,7H,5-6,8H2,1-2H3,(H,15,16). The SMILES string of the molecule is COCCN(C)Cc1ccc(C(=O)O)cc1Cl. The molecular weight excluding hydrogens is 242 g/mol. The van der Waals surface area contributed by atoms with Gasteiger partial charge in [-0.3, -0.25) is 4.90 Å². The molecule has 0 aliphatic heterocycles. The van der Waals surface area contributed by atoms with Crippen LogP contribution in [0, 0.1) is 0 Å². The average Bonchev–Trinajstić information content (AvgIpc) is 2.28. The summed E-state index contributed by atoms with van der Waals surface area (Å²) in [5.41, 5.74) is 1.12. The highest BCUT2D eigenvalue weighted by molar-refractivity contribution is 6.31. The molecule has 17 heavy (non-hydrogen) atoms. The summed E-state index contributed by atoms with van der Waals surface area (Å²) < 4.78 is 4.98. The number of ether oxygens (including phenoxy) is 1. The number of hydrogen-bond acceptors (Lipinski definition) is 3. The van der Waals surface area contributed by atoms with E-state index in [2.05, 4.69) is 4.90 Å². The summed E-state index contributed by atoms with van der Waals surface area (Å²) in [6, 6.07) is 4.78. The summed E-state index contributed by atoms with van der Waals surface area (Å²) in [6.45, 7) is 2.12. The smallest absolute Gasteiger partial charge is 0.335 e. The maximum absolute atomic E-state index is 10.7. The zero-order valence-corrected chi connectivity index (χ0v) is 10.7. The molecule has 0 atom stereocenters. The second-order valence-corrected chi connectivity index (χ2v) is 4.25. The molecule has 1 aromatic rings. The summed E-state index contributed by atoms with van der Waals surface area (Å²) in [5.74, 6) is -0.966. The molecule has 0 aliphatic carbocycles. The van der Waals surface area contributed by atoms with E-state index < -0.39 is 5.97 Å². The van der Waals surface area contributed by atoms with Gasteiger partial charge in [0, 0.05) is 25.2 Å². The van der Waals surface area contributed by atoms with Crippen molar-refractivity contribution in [2.24, 2.45) is 0 Å². The molecule has 0 heterocycles. The Labute approximate surface area is 106 Å². The minimum atomic E-state index is -0.966. The number of nitrogens with zero attached hydrogens (tertiary/aromatic N) is 1. The number of hydrogen-bond donors (Lipinski definition) is 1. The van der Waals surface area contributed by atoms with E-state index >= 15 is 0 Å². The van der Waals surface area contributed by atoms with Crippen molar-refractivity contribution in [3.63, 3.8) is 0 Å². The number of methoxy groups -OCH3 is 1. The average molecular weight is 258 g/mol. The number of likely N-dealkylation sites (N-methyl/N-ethyl adjacent to an activating group) is 1. The Morgan fingerprint density at radius 1 is 1.53 bits per heavy atom. The molecule has 0 saturated heterocycles. The highest BCUT2D eigenvalue weighted by atomic mass is 35.5. The van der Waals surface area contributed by atoms with E-state index in [-0.39, 0.29) is 5.56 Å². The van der Waals surface area contributed by atoms with Gasteiger partial charge in [0.15, 0.2) is 0 Å². The Kier molecular flexibility index (Phi) is 5.41. The molecule has 0 saturated carbocycles. The zero-order valence-electron chi connectivity index (χ0n) is 9.94. The summed E-state index contributed by atoms with van der Waals surface area (Å²) in [6.07, 6.45) is 0. The third-order valence-corrected chi connectivity index (χ3v) is 2.77. The molecular formula is C12H16ClNO3. The number of carboxylic acids is 1. The van der Waals surface area contributed by atoms with E-state index in [1.165, 1.54) is 6.07 Å². The van der Waals surface area contributed by atoms with Crippen LogP contribution in [0.3, 0.4) is 0 Å². The molecule has 0 amide bonds. The van der Waals surface area contributed by atoms with Gasteiger partial charge < -0.3 is 9.84 Å². The Hall–Kier alpha value is -1.10. The van der Waals surface area contributed by atoms with Crippen LogP contribution < -0.4 is 0 Å². The first-order valence-corrected chi connectivity index (χ1v) is 5.61. The number of halogens is 1. The number of rotatable bonds is 6. The number of carboxylic acid groups (broad SMARTS) is 1. The van der Waals surface area contributed by atoms with Crippen molar-refractivity contribution in [2.75, 3.05) is 27.3 Å². The summed E-state index contributed by atoms with van der Waals surface area (Å²) in [7, 11) is 3.61. The van der Waals surface area contributed by atoms with Gasteiger partial charge in [0.25, 0.3) is 0 Å². The topological polar surface area (TPSA) is 49.8 Å². The van der Waals surface area contributed by atoms with Crippen LogP contribution in [-0.2, 0) is 11.3 Å². The molecule has 1 N–H and O–H groups in total. The first kappa shape index (κ1) is 14.0. The van der Waals surface area contributed by atoms with Gasteiger partial charge in [-0.15, -0.1) is 0 Å². The van der Waals surface area contributed by atoms with Crippen LogP contribution in [0.15, 0.2) is 18.2 Å². The molecule has 1 rings (SSSR count). The lowest BCUT2D eigenvalue weighted by atomic mass is 10.1. The lowest BCUT2D eigenvalue weighted by molar-refractivity contribution is 0.0697. The molecule has 5 heteroatoms. The van der Waals surface area contributed by atoms with Crippen LogP contribution in [0.4, 0.5) is 0 Å². The Balaban J connectivity index is 2.69. The second kappa shape index (κ2) is 6.59. The fraction of sp³-hybridized carbons (Fsp3) is 0.417. The highest BCUT2D eigenvalue weighted by Crippen LogP contribution is 2.19. The number of carbonyl (C=O) groups is 1. The maximum atomic E-state index is 10.7. The first-order chi connectivity index (χ1) is 8.04. The van der Waals surface area contributed by atoms with Crippen molar-refractivity contribution in [3.05, 3.63) is 34.3 Å². The molecule has 0 aliphatic rings. The van der Waals surface area contributed by atoms with Crippen LogP contribution >= 0.6 is 11.6 Å². The van der Waals surface area contributed by atoms with E-state index in [9.17, 15) is 4.79 Å². The van der Waals surface area contributed by atoms with Gasteiger partial charge in [0.1, 0.15) is 0 Å². The van der Waals surface area contributed by atoms with Crippen molar-refractivity contribution in [3.8, 4) is 0 Å². The summed E-state index contributed by atoms with van der Waals surface area (Å²) in [5, 5.41) is 9.29. The predicted molar refractivity (Wildman–Crippen MR) is 66.6 cm³/mol. The van der Waals surface area contributed by atoms with Crippen LogP contribution in [0.2, 0.25) is 5.02 Å². The van der Waals surface area contributed by atoms with E-state index in [4.69, 9.17) is 21.4 Å². The zero-order chi connectivity index (χ0) is 12.8. The summed E-state index contributed by atoms with van der Waals surface area (Å²) in [4.78, 5) is 12.8. The second-order valence-electron chi connectivity index (χ2n) is 3.84. The van der Waals surface area contributed by atoms with E-state index in [1.807, 2.05) is 7.05 Å². The Bertz CT molecular complexity index is 395. The largest absolute Gasteiger partial charge is 0.478 e. The van der Waals surface area contributed by atoms with Gasteiger partial charge in [0.2, 0.25) is 0 Å². The van der Waals surface area contributed by atoms with Gasteiger partial charge in [0.05, 0.1) is 12.2 Å². The van der Waals surface area contributed by atoms with Crippen LogP contribution in [0.25, 0.3) is 0 Å². The fourth-order valence-corrected chi connectivity index (χ4v) is 1.67. The monoisotopic (exact) mass is 257 g/mol. The van der Waals surface area contributed by atoms with Gasteiger partial charge in [-0.25, -0.2) is 4.79 Å². The molecule has 1 aromatic carbocycles. The Morgan fingerprint density at radius 3 is 2.76 bits per heavy atom. The molecule has 0 radical (unpaired) electrons. The molecule has 0 fully saturated rings. The van der Waals surface area contributed by atoms with E-state index in [0.717, 1.165) is 12.1 Å². The first-order valence-electron chi connectivity index (χ1n) is 5.23. The number of aromatic carboxylic acids is 1. The van der Waals surface area contributed by atoms with Crippen molar-refractivity contribution < 1.29 is 14.6 Å². The van der Waals surface area contributed by atoms with Gasteiger partial charge in [-0.1, -0.05) is 17.7 Å².